The van der Waals surface area contributed by atoms with E-state index in [0.717, 1.165) is 11.3 Å². The van der Waals surface area contributed by atoms with Gasteiger partial charge in [-0.15, -0.1) is 0 Å². The first-order valence-electron chi connectivity index (χ1n) is 6.41. The number of benzene rings is 1. The van der Waals surface area contributed by atoms with E-state index < -0.39 is 20.1 Å². The Balaban J connectivity index is 1.78. The van der Waals surface area contributed by atoms with Crippen molar-refractivity contribution in [2.45, 2.75) is 19.4 Å². The number of rotatable bonds is 4. The predicted octanol–water partition coefficient (Wildman–Crippen LogP) is 3.87. The zero-order valence-electron chi connectivity index (χ0n) is 10.9. The van der Waals surface area contributed by atoms with Gasteiger partial charge in [-0.2, -0.15) is 0 Å². The van der Waals surface area contributed by atoms with Crippen LogP contribution in [0.4, 0.5) is 5.13 Å². The first-order valence-corrected chi connectivity index (χ1v) is 11.4. The third-order valence-electron chi connectivity index (χ3n) is 3.25. The fourth-order valence-corrected chi connectivity index (χ4v) is 6.46. The van der Waals surface area contributed by atoms with Gasteiger partial charge in [0.25, 0.3) is 0 Å². The van der Waals surface area contributed by atoms with E-state index in [1.807, 2.05) is 5.38 Å². The molecule has 0 bridgehead atoms. The summed E-state index contributed by atoms with van der Waals surface area (Å²) in [5.41, 5.74) is 9.21. The molecule has 3 N–H and O–H groups in total. The zero-order valence-corrected chi connectivity index (χ0v) is 13.9. The van der Waals surface area contributed by atoms with Crippen LogP contribution in [0, 0.1) is 0 Å². The van der Waals surface area contributed by atoms with Crippen molar-refractivity contribution < 1.29 is 0 Å². The van der Waals surface area contributed by atoms with E-state index in [2.05, 4.69) is 39.7 Å². The molecule has 1 aromatic carbocycles. The molecule has 0 radical (unpaired) electrons. The Kier molecular flexibility index (Phi) is 4.04. The molecule has 0 amide bonds. The first-order chi connectivity index (χ1) is 9.22. The van der Waals surface area contributed by atoms with Gasteiger partial charge in [-0.3, -0.25) is 0 Å². The number of nitrogens with one attached hydrogen (secondary N) is 1. The van der Waals surface area contributed by atoms with Crippen LogP contribution in [0.1, 0.15) is 24.9 Å². The topological polar surface area (TPSA) is 50.9 Å². The summed E-state index contributed by atoms with van der Waals surface area (Å²) >= 11 is 0.732. The number of aromatic nitrogens is 1. The molecule has 3 rings (SSSR count). The number of nitrogens with zero attached hydrogens (tertiary/aromatic N) is 1. The van der Waals surface area contributed by atoms with Crippen LogP contribution >= 0.6 is 31.4 Å². The molecule has 1 aromatic heterocycles. The molecule has 2 heterocycles. The zero-order chi connectivity index (χ0) is 13.2. The van der Waals surface area contributed by atoms with Gasteiger partial charge in [-0.25, -0.2) is 0 Å². The number of anilines is 1. The first kappa shape index (κ1) is 13.3. The van der Waals surface area contributed by atoms with Gasteiger partial charge in [-0.05, 0) is 0 Å². The number of thiazole rings is 1. The fraction of sp³-hybridized carbons (Fsp3) is 0.357. The monoisotopic (exact) mass is 387 g/mol. The van der Waals surface area contributed by atoms with Gasteiger partial charge in [0, 0.05) is 0 Å². The van der Waals surface area contributed by atoms with Crippen LogP contribution in [0.15, 0.2) is 29.6 Å². The Morgan fingerprint density at radius 2 is 2.26 bits per heavy atom. The molecule has 19 heavy (non-hydrogen) atoms. The Morgan fingerprint density at radius 1 is 1.42 bits per heavy atom. The summed E-state index contributed by atoms with van der Waals surface area (Å²) in [4.78, 5) is 4.36. The molecule has 2 aromatic rings. The molecular formula is C14H18IN3S. The van der Waals surface area contributed by atoms with Gasteiger partial charge < -0.3 is 0 Å². The van der Waals surface area contributed by atoms with Crippen LogP contribution < -0.4 is 9.26 Å². The van der Waals surface area contributed by atoms with Gasteiger partial charge in [-0.1, -0.05) is 0 Å². The summed E-state index contributed by atoms with van der Waals surface area (Å²) in [7, 11) is 0. The SMILES string of the molecule is C[C@@H](NI1CCC1)c1cccc(-c2csc(N)n2)c1. The normalized spacial score (nSPS) is 18.1. The summed E-state index contributed by atoms with van der Waals surface area (Å²) in [6, 6.07) is 9.12. The van der Waals surface area contributed by atoms with Gasteiger partial charge in [0.1, 0.15) is 0 Å². The van der Waals surface area contributed by atoms with Gasteiger partial charge in [0.15, 0.2) is 0 Å². The van der Waals surface area contributed by atoms with E-state index in [0.29, 0.717) is 11.2 Å². The van der Waals surface area contributed by atoms with E-state index in [9.17, 15) is 0 Å². The van der Waals surface area contributed by atoms with Crippen molar-refractivity contribution in [3.8, 4) is 11.3 Å². The maximum atomic E-state index is 5.71. The third kappa shape index (κ3) is 3.09. The van der Waals surface area contributed by atoms with Crippen LogP contribution in [0.5, 0.6) is 0 Å². The minimum absolute atomic E-state index is 0.460. The van der Waals surface area contributed by atoms with E-state index in [1.54, 1.807) is 0 Å². The van der Waals surface area contributed by atoms with Crippen LogP contribution in [0.25, 0.3) is 11.3 Å². The number of alkyl halides is 2. The van der Waals surface area contributed by atoms with Crippen molar-refractivity contribution in [1.82, 2.24) is 8.51 Å². The number of hydrogen-bond donors (Lipinski definition) is 2. The minimum atomic E-state index is -0.764. The van der Waals surface area contributed by atoms with E-state index in [-0.39, 0.29) is 0 Å². The van der Waals surface area contributed by atoms with Crippen molar-refractivity contribution in [2.75, 3.05) is 14.6 Å². The van der Waals surface area contributed by atoms with E-state index in [4.69, 9.17) is 5.73 Å². The number of halogens is 1. The second-order valence-electron chi connectivity index (χ2n) is 4.72. The van der Waals surface area contributed by atoms with Gasteiger partial charge >= 0.3 is 126 Å². The molecule has 3 nitrogen and oxygen atoms in total. The summed E-state index contributed by atoms with van der Waals surface area (Å²) in [5, 5.41) is 2.66. The molecule has 0 saturated carbocycles. The van der Waals surface area contributed by atoms with E-state index in [1.165, 1.54) is 32.2 Å². The van der Waals surface area contributed by atoms with E-state index >= 15 is 0 Å². The number of hydrogen-bond acceptors (Lipinski definition) is 4. The summed E-state index contributed by atoms with van der Waals surface area (Å²) in [6.45, 7) is 2.27. The van der Waals surface area contributed by atoms with Crippen LogP contribution in [0.3, 0.4) is 0 Å². The molecule has 1 atom stereocenters. The van der Waals surface area contributed by atoms with Crippen LogP contribution in [0.2, 0.25) is 0 Å². The maximum absolute atomic E-state index is 5.71. The predicted molar refractivity (Wildman–Crippen MR) is 91.9 cm³/mol. The average molecular weight is 387 g/mol. The summed E-state index contributed by atoms with van der Waals surface area (Å²) in [6.07, 6.45) is 1.43. The molecule has 102 valence electrons. The molecule has 0 spiro atoms. The second-order valence-corrected chi connectivity index (χ2v) is 11.0. The Bertz CT molecular complexity index is 565. The summed E-state index contributed by atoms with van der Waals surface area (Å²) < 4.78 is 6.77. The number of nitrogens with two attached hydrogens (primary N) is 1. The quantitative estimate of drug-likeness (QED) is 0.476. The van der Waals surface area contributed by atoms with Crippen molar-refractivity contribution >= 4 is 36.6 Å². The molecule has 0 aliphatic carbocycles. The van der Waals surface area contributed by atoms with Gasteiger partial charge in [0.05, 0.1) is 0 Å². The molecule has 1 fully saturated rings. The summed E-state index contributed by atoms with van der Waals surface area (Å²) in [5.74, 6) is 0. The van der Waals surface area contributed by atoms with Crippen molar-refractivity contribution in [1.29, 1.82) is 0 Å². The second kappa shape index (κ2) is 5.76. The van der Waals surface area contributed by atoms with Crippen LogP contribution in [-0.2, 0) is 0 Å². The Labute approximate surface area is 125 Å². The van der Waals surface area contributed by atoms with Crippen LogP contribution in [-0.4, -0.2) is 13.8 Å². The third-order valence-corrected chi connectivity index (χ3v) is 9.86. The molecule has 0 unspecified atom stereocenters. The molecule has 5 heteroatoms. The fourth-order valence-electron chi connectivity index (χ4n) is 2.06. The number of nitrogen functional groups attached to an aromatic ring is 1. The Hall–Kier alpha value is -0.660. The average Bonchev–Trinajstić information content (AvgIpc) is 2.80. The standard InChI is InChI=1S/C14H18IN3S/c1-10(18-15-6-3-7-15)11-4-2-5-12(8-11)13-9-19-14(16)17-13/h2,4-5,8-10,18H,3,6-7H2,1H3,(H2,16,17)/t10-/m1/s1. The van der Waals surface area contributed by atoms with Crippen molar-refractivity contribution in [3.63, 3.8) is 0 Å². The van der Waals surface area contributed by atoms with Crippen molar-refractivity contribution in [3.05, 3.63) is 35.2 Å². The molecule has 1 saturated heterocycles. The molecule has 1 aliphatic rings. The van der Waals surface area contributed by atoms with Gasteiger partial charge in [0.2, 0.25) is 0 Å². The molecular weight excluding hydrogens is 369 g/mol. The van der Waals surface area contributed by atoms with Crippen molar-refractivity contribution in [2.24, 2.45) is 0 Å². The Morgan fingerprint density at radius 3 is 2.89 bits per heavy atom. The molecule has 1 aliphatic heterocycles.